The zero-order valence-corrected chi connectivity index (χ0v) is 17.9. The summed E-state index contributed by atoms with van der Waals surface area (Å²) < 4.78 is 29.2. The maximum Gasteiger partial charge on any atom is 0.260 e. The second-order valence-electron chi connectivity index (χ2n) is 6.39. The third-order valence-corrected chi connectivity index (χ3v) is 5.34. The molecule has 158 valence electrons. The highest BCUT2D eigenvalue weighted by molar-refractivity contribution is 7.14. The highest BCUT2D eigenvalue weighted by atomic mass is 32.1. The van der Waals surface area contributed by atoms with E-state index in [0.29, 0.717) is 47.5 Å². The number of aromatic nitrogens is 1. The van der Waals surface area contributed by atoms with Crippen LogP contribution in [0.4, 0.5) is 9.52 Å². The molecule has 0 saturated heterocycles. The van der Waals surface area contributed by atoms with Crippen molar-refractivity contribution in [2.24, 2.45) is 0 Å². The summed E-state index contributed by atoms with van der Waals surface area (Å²) in [5, 5.41) is 2.41. The van der Waals surface area contributed by atoms with Gasteiger partial charge in [0.1, 0.15) is 17.3 Å². The van der Waals surface area contributed by atoms with Gasteiger partial charge in [0.25, 0.3) is 5.91 Å². The fourth-order valence-corrected chi connectivity index (χ4v) is 3.77. The number of rotatable bonds is 9. The minimum absolute atomic E-state index is 0.246. The number of hydrogen-bond acceptors (Lipinski definition) is 6. The Labute approximate surface area is 178 Å². The summed E-state index contributed by atoms with van der Waals surface area (Å²) in [7, 11) is 4.80. The number of hydrogen-bond donors (Lipinski definition) is 0. The molecule has 0 atom stereocenters. The number of amides is 1. The van der Waals surface area contributed by atoms with E-state index in [4.69, 9.17) is 14.2 Å². The number of benzene rings is 2. The van der Waals surface area contributed by atoms with Crippen molar-refractivity contribution in [3.63, 3.8) is 0 Å². The average Bonchev–Trinajstić information content (AvgIpc) is 3.26. The van der Waals surface area contributed by atoms with Crippen molar-refractivity contribution in [3.8, 4) is 22.8 Å². The van der Waals surface area contributed by atoms with Gasteiger partial charge in [0.15, 0.2) is 5.13 Å². The Morgan fingerprint density at radius 1 is 1.10 bits per heavy atom. The van der Waals surface area contributed by atoms with Gasteiger partial charge in [-0.25, -0.2) is 9.37 Å². The molecule has 3 aromatic rings. The van der Waals surface area contributed by atoms with Crippen molar-refractivity contribution >= 4 is 22.4 Å². The molecule has 0 spiro atoms. The van der Waals surface area contributed by atoms with E-state index < -0.39 is 0 Å². The van der Waals surface area contributed by atoms with Crippen molar-refractivity contribution in [2.75, 3.05) is 39.4 Å². The summed E-state index contributed by atoms with van der Waals surface area (Å²) in [6, 6.07) is 11.0. The maximum atomic E-state index is 13.3. The van der Waals surface area contributed by atoms with Crippen molar-refractivity contribution in [3.05, 3.63) is 59.2 Å². The quantitative estimate of drug-likeness (QED) is 0.463. The SMILES string of the molecule is COCCCN(C(=O)c1ccc(F)cc1)c1nc(-c2cc(OC)ccc2OC)cs1. The molecule has 0 saturated carbocycles. The van der Waals surface area contributed by atoms with Gasteiger partial charge in [-0.3, -0.25) is 9.69 Å². The molecule has 2 aromatic carbocycles. The summed E-state index contributed by atoms with van der Waals surface area (Å²) in [5.74, 6) is 0.701. The minimum Gasteiger partial charge on any atom is -0.497 e. The largest absolute Gasteiger partial charge is 0.497 e. The number of halogens is 1. The molecule has 0 radical (unpaired) electrons. The van der Waals surface area contributed by atoms with Crippen LogP contribution in [-0.2, 0) is 4.74 Å². The van der Waals surface area contributed by atoms with Crippen LogP contribution < -0.4 is 14.4 Å². The van der Waals surface area contributed by atoms with Crippen LogP contribution in [0.3, 0.4) is 0 Å². The highest BCUT2D eigenvalue weighted by Crippen LogP contribution is 2.36. The van der Waals surface area contributed by atoms with Crippen LogP contribution in [0.25, 0.3) is 11.3 Å². The molecular weight excluding hydrogens is 407 g/mol. The molecule has 0 aliphatic rings. The Kier molecular flexibility index (Phi) is 7.37. The maximum absolute atomic E-state index is 13.3. The molecule has 1 aromatic heterocycles. The fourth-order valence-electron chi connectivity index (χ4n) is 2.93. The number of carbonyl (C=O) groups excluding carboxylic acids is 1. The summed E-state index contributed by atoms with van der Waals surface area (Å²) in [6.45, 7) is 0.932. The normalized spacial score (nSPS) is 10.7. The second kappa shape index (κ2) is 10.2. The molecule has 1 heterocycles. The number of thiazole rings is 1. The van der Waals surface area contributed by atoms with Crippen LogP contribution in [-0.4, -0.2) is 45.4 Å². The molecular formula is C22H23FN2O4S. The van der Waals surface area contributed by atoms with Crippen molar-refractivity contribution in [1.82, 2.24) is 4.98 Å². The third kappa shape index (κ3) is 4.95. The fraction of sp³-hybridized carbons (Fsp3) is 0.273. The predicted octanol–water partition coefficient (Wildman–Crippen LogP) is 4.65. The zero-order chi connectivity index (χ0) is 21.5. The van der Waals surface area contributed by atoms with Crippen LogP contribution in [0.15, 0.2) is 47.8 Å². The average molecular weight is 431 g/mol. The van der Waals surface area contributed by atoms with E-state index in [0.717, 1.165) is 5.56 Å². The minimum atomic E-state index is -0.390. The Balaban J connectivity index is 1.94. The lowest BCUT2D eigenvalue weighted by molar-refractivity contribution is 0.0983. The van der Waals surface area contributed by atoms with Crippen molar-refractivity contribution in [1.29, 1.82) is 0 Å². The molecule has 3 rings (SSSR count). The molecule has 0 unspecified atom stereocenters. The summed E-state index contributed by atoms with van der Waals surface area (Å²) >= 11 is 1.35. The zero-order valence-electron chi connectivity index (χ0n) is 17.1. The molecule has 0 bridgehead atoms. The lowest BCUT2D eigenvalue weighted by Crippen LogP contribution is -2.32. The van der Waals surface area contributed by atoms with Gasteiger partial charge in [-0.1, -0.05) is 0 Å². The molecule has 0 aliphatic heterocycles. The highest BCUT2D eigenvalue weighted by Gasteiger charge is 2.22. The van der Waals surface area contributed by atoms with Crippen molar-refractivity contribution in [2.45, 2.75) is 6.42 Å². The topological polar surface area (TPSA) is 60.9 Å². The lowest BCUT2D eigenvalue weighted by Gasteiger charge is -2.20. The van der Waals surface area contributed by atoms with Gasteiger partial charge in [-0.2, -0.15) is 0 Å². The smallest absolute Gasteiger partial charge is 0.260 e. The van der Waals surface area contributed by atoms with Gasteiger partial charge >= 0.3 is 0 Å². The van der Waals surface area contributed by atoms with Gasteiger partial charge in [-0.15, -0.1) is 11.3 Å². The number of anilines is 1. The van der Waals surface area contributed by atoms with E-state index in [-0.39, 0.29) is 11.7 Å². The molecule has 30 heavy (non-hydrogen) atoms. The van der Waals surface area contributed by atoms with Crippen LogP contribution in [0.2, 0.25) is 0 Å². The number of methoxy groups -OCH3 is 3. The summed E-state index contributed by atoms with van der Waals surface area (Å²) in [5.41, 5.74) is 1.84. The summed E-state index contributed by atoms with van der Waals surface area (Å²) in [6.07, 6.45) is 0.640. The second-order valence-corrected chi connectivity index (χ2v) is 7.23. The summed E-state index contributed by atoms with van der Waals surface area (Å²) in [4.78, 5) is 19.4. The van der Waals surface area contributed by atoms with Gasteiger partial charge < -0.3 is 14.2 Å². The Morgan fingerprint density at radius 2 is 1.87 bits per heavy atom. The van der Waals surface area contributed by atoms with E-state index in [1.165, 1.54) is 35.6 Å². The van der Waals surface area contributed by atoms with Crippen molar-refractivity contribution < 1.29 is 23.4 Å². The van der Waals surface area contributed by atoms with Gasteiger partial charge in [-0.05, 0) is 48.9 Å². The number of nitrogens with zero attached hydrogens (tertiary/aromatic N) is 2. The Hall–Kier alpha value is -2.97. The molecule has 0 fully saturated rings. The first-order chi connectivity index (χ1) is 14.6. The van der Waals surface area contributed by atoms with Gasteiger partial charge in [0, 0.05) is 36.8 Å². The first-order valence-corrected chi connectivity index (χ1v) is 10.2. The molecule has 8 heteroatoms. The van der Waals surface area contributed by atoms with Crippen LogP contribution >= 0.6 is 11.3 Å². The van der Waals surface area contributed by atoms with Crippen LogP contribution in [0.5, 0.6) is 11.5 Å². The predicted molar refractivity (Wildman–Crippen MR) is 115 cm³/mol. The van der Waals surface area contributed by atoms with E-state index in [9.17, 15) is 9.18 Å². The number of carbonyl (C=O) groups is 1. The molecule has 1 amide bonds. The third-order valence-electron chi connectivity index (χ3n) is 4.47. The van der Waals surface area contributed by atoms with Crippen LogP contribution in [0.1, 0.15) is 16.8 Å². The first-order valence-electron chi connectivity index (χ1n) is 9.31. The molecule has 0 aliphatic carbocycles. The standard InChI is InChI=1S/C22H23FN2O4S/c1-27-12-4-11-25(21(26)15-5-7-16(23)8-6-15)22-24-19(14-30-22)18-13-17(28-2)9-10-20(18)29-3/h5-10,13-14H,4,11-12H2,1-3H3. The molecule has 0 N–H and O–H groups in total. The van der Waals surface area contributed by atoms with E-state index in [1.54, 1.807) is 26.2 Å². The van der Waals surface area contributed by atoms with Crippen LogP contribution in [0, 0.1) is 5.82 Å². The van der Waals surface area contributed by atoms with Gasteiger partial charge in [0.2, 0.25) is 0 Å². The lowest BCUT2D eigenvalue weighted by atomic mass is 10.1. The van der Waals surface area contributed by atoms with E-state index in [1.807, 2.05) is 23.6 Å². The van der Waals surface area contributed by atoms with Gasteiger partial charge in [0.05, 0.1) is 19.9 Å². The Morgan fingerprint density at radius 3 is 2.53 bits per heavy atom. The number of ether oxygens (including phenoxy) is 3. The molecule has 6 nitrogen and oxygen atoms in total. The monoisotopic (exact) mass is 430 g/mol. The van der Waals surface area contributed by atoms with E-state index in [2.05, 4.69) is 4.98 Å². The first kappa shape index (κ1) is 21.7. The van der Waals surface area contributed by atoms with E-state index >= 15 is 0 Å². The Bertz CT molecular complexity index is 991.